The number of ether oxygens (including phenoxy) is 1. The number of H-pyrrole nitrogens is 1. The number of hydrogen-bond donors (Lipinski definition) is 3. The Labute approximate surface area is 139 Å². The molecule has 3 N–H and O–H groups in total. The fraction of sp³-hybridized carbons (Fsp3) is 0.353. The Morgan fingerprint density at radius 2 is 2.00 bits per heavy atom. The van der Waals surface area contributed by atoms with Gasteiger partial charge in [0.2, 0.25) is 0 Å². The zero-order valence-electron chi connectivity index (χ0n) is 13.7. The molecule has 0 bridgehead atoms. The first-order valence-corrected chi connectivity index (χ1v) is 7.84. The van der Waals surface area contributed by atoms with Gasteiger partial charge in [-0.05, 0) is 31.9 Å². The highest BCUT2D eigenvalue weighted by molar-refractivity contribution is 5.97. The Morgan fingerprint density at radius 3 is 2.75 bits per heavy atom. The van der Waals surface area contributed by atoms with Crippen molar-refractivity contribution >= 4 is 28.8 Å². The lowest BCUT2D eigenvalue weighted by Gasteiger charge is -2.13. The predicted molar refractivity (Wildman–Crippen MR) is 89.4 cm³/mol. The van der Waals surface area contributed by atoms with Crippen molar-refractivity contribution in [3.8, 4) is 0 Å². The molecule has 0 aliphatic heterocycles. The van der Waals surface area contributed by atoms with Crippen molar-refractivity contribution in [3.63, 3.8) is 0 Å². The van der Waals surface area contributed by atoms with E-state index in [2.05, 4.69) is 15.6 Å². The number of fused-ring (bicyclic) bond motifs is 1. The Bertz CT molecular complexity index is 738. The monoisotopic (exact) mass is 331 g/mol. The normalized spacial score (nSPS) is 11.8. The van der Waals surface area contributed by atoms with Crippen LogP contribution in [0.3, 0.4) is 0 Å². The highest BCUT2D eigenvalue weighted by Gasteiger charge is 2.19. The summed E-state index contributed by atoms with van der Waals surface area (Å²) >= 11 is 0. The van der Waals surface area contributed by atoms with Crippen LogP contribution in [-0.4, -0.2) is 35.5 Å². The molecule has 0 fully saturated rings. The third-order valence-electron chi connectivity index (χ3n) is 3.52. The first kappa shape index (κ1) is 17.5. The Kier molecular flexibility index (Phi) is 5.95. The number of amides is 3. The molecule has 1 aromatic carbocycles. The number of aryl methyl sites for hydroxylation is 1. The molecule has 1 aromatic heterocycles. The molecular formula is C17H21N3O4. The van der Waals surface area contributed by atoms with Crippen LogP contribution in [0.25, 0.3) is 10.9 Å². The fourth-order valence-corrected chi connectivity index (χ4v) is 2.30. The van der Waals surface area contributed by atoms with Gasteiger partial charge in [0.15, 0.2) is 6.10 Å². The maximum atomic E-state index is 11.9. The van der Waals surface area contributed by atoms with Gasteiger partial charge in [0.25, 0.3) is 5.91 Å². The van der Waals surface area contributed by atoms with E-state index in [1.165, 1.54) is 6.92 Å². The minimum atomic E-state index is -1.02. The highest BCUT2D eigenvalue weighted by atomic mass is 16.5. The van der Waals surface area contributed by atoms with Gasteiger partial charge in [0.1, 0.15) is 0 Å². The second-order valence-electron chi connectivity index (χ2n) is 5.34. The first-order chi connectivity index (χ1) is 11.5. The number of nitrogens with one attached hydrogen (secondary N) is 3. The number of para-hydroxylation sites is 1. The minimum absolute atomic E-state index is 0.153. The van der Waals surface area contributed by atoms with Crippen LogP contribution in [0.5, 0.6) is 0 Å². The number of carbonyl (C=O) groups is 3. The highest BCUT2D eigenvalue weighted by Crippen LogP contribution is 2.19. The maximum Gasteiger partial charge on any atom is 0.321 e. The van der Waals surface area contributed by atoms with Gasteiger partial charge in [-0.2, -0.15) is 0 Å². The van der Waals surface area contributed by atoms with Crippen LogP contribution in [0.1, 0.15) is 25.8 Å². The molecule has 3 amide bonds. The number of esters is 1. The molecule has 7 heteroatoms. The molecule has 2 rings (SSSR count). The number of aromatic nitrogens is 1. The summed E-state index contributed by atoms with van der Waals surface area (Å²) < 4.78 is 5.06. The maximum absolute atomic E-state index is 11.9. The Morgan fingerprint density at radius 1 is 1.25 bits per heavy atom. The molecule has 0 radical (unpaired) electrons. The largest absolute Gasteiger partial charge is 0.453 e. The van der Waals surface area contributed by atoms with Crippen molar-refractivity contribution in [2.75, 3.05) is 6.54 Å². The molecule has 0 aliphatic rings. The van der Waals surface area contributed by atoms with Gasteiger partial charge in [-0.15, -0.1) is 0 Å². The molecule has 24 heavy (non-hydrogen) atoms. The number of carbonyl (C=O) groups excluding carboxylic acids is 3. The second kappa shape index (κ2) is 8.14. The van der Waals surface area contributed by atoms with Gasteiger partial charge >= 0.3 is 12.0 Å². The van der Waals surface area contributed by atoms with Crippen LogP contribution in [0, 0.1) is 0 Å². The fourth-order valence-electron chi connectivity index (χ4n) is 2.30. The smallest absolute Gasteiger partial charge is 0.321 e. The van der Waals surface area contributed by atoms with Crippen LogP contribution >= 0.6 is 0 Å². The lowest BCUT2D eigenvalue weighted by Crippen LogP contribution is -2.44. The molecule has 7 nitrogen and oxygen atoms in total. The standard InChI is InChI=1S/C17H21N3O4/c1-3-18-17(23)20-16(22)11(2)24-15(21)9-8-12-10-19-14-7-5-4-6-13(12)14/h4-7,10-11,19H,3,8-9H2,1-2H3,(H2,18,20,22,23). The van der Waals surface area contributed by atoms with E-state index in [9.17, 15) is 14.4 Å². The van der Waals surface area contributed by atoms with Crippen LogP contribution in [0.4, 0.5) is 4.79 Å². The van der Waals surface area contributed by atoms with E-state index in [0.717, 1.165) is 16.5 Å². The molecule has 0 saturated carbocycles. The number of aromatic amines is 1. The summed E-state index contributed by atoms with van der Waals surface area (Å²) in [5.41, 5.74) is 2.03. The molecule has 0 saturated heterocycles. The van der Waals surface area contributed by atoms with Crippen LogP contribution in [-0.2, 0) is 20.7 Å². The topological polar surface area (TPSA) is 100 Å². The molecular weight excluding hydrogens is 310 g/mol. The summed E-state index contributed by atoms with van der Waals surface area (Å²) in [7, 11) is 0. The van der Waals surface area contributed by atoms with Gasteiger partial charge in [-0.1, -0.05) is 18.2 Å². The van der Waals surface area contributed by atoms with E-state index >= 15 is 0 Å². The van der Waals surface area contributed by atoms with Gasteiger partial charge in [0.05, 0.1) is 0 Å². The summed E-state index contributed by atoms with van der Waals surface area (Å²) in [5.74, 6) is -1.14. The second-order valence-corrected chi connectivity index (χ2v) is 5.34. The molecule has 0 aliphatic carbocycles. The molecule has 1 unspecified atom stereocenters. The molecule has 2 aromatic rings. The van der Waals surface area contributed by atoms with Gasteiger partial charge in [0, 0.05) is 30.1 Å². The van der Waals surface area contributed by atoms with Gasteiger partial charge < -0.3 is 15.0 Å². The predicted octanol–water partition coefficient (Wildman–Crippen LogP) is 1.88. The van der Waals surface area contributed by atoms with Crippen molar-refractivity contribution in [1.29, 1.82) is 0 Å². The van der Waals surface area contributed by atoms with Crippen molar-refractivity contribution < 1.29 is 19.1 Å². The number of imide groups is 1. The average molecular weight is 331 g/mol. The Hall–Kier alpha value is -2.83. The molecule has 1 atom stereocenters. The van der Waals surface area contributed by atoms with E-state index in [1.54, 1.807) is 6.92 Å². The summed E-state index contributed by atoms with van der Waals surface area (Å²) in [4.78, 5) is 38.0. The number of hydrogen-bond acceptors (Lipinski definition) is 4. The van der Waals surface area contributed by atoms with Gasteiger partial charge in [-0.3, -0.25) is 14.9 Å². The van der Waals surface area contributed by atoms with Crippen molar-refractivity contribution in [2.45, 2.75) is 32.8 Å². The van der Waals surface area contributed by atoms with Crippen LogP contribution in [0.15, 0.2) is 30.5 Å². The molecule has 128 valence electrons. The van der Waals surface area contributed by atoms with Crippen LogP contribution < -0.4 is 10.6 Å². The van der Waals surface area contributed by atoms with E-state index in [4.69, 9.17) is 4.74 Å². The number of rotatable bonds is 6. The van der Waals surface area contributed by atoms with E-state index in [0.29, 0.717) is 13.0 Å². The molecule has 0 spiro atoms. The third-order valence-corrected chi connectivity index (χ3v) is 3.52. The van der Waals surface area contributed by atoms with E-state index < -0.39 is 24.0 Å². The summed E-state index contributed by atoms with van der Waals surface area (Å²) in [6, 6.07) is 7.21. The third kappa shape index (κ3) is 4.58. The van der Waals surface area contributed by atoms with Crippen molar-refractivity contribution in [2.24, 2.45) is 0 Å². The average Bonchev–Trinajstić information content (AvgIpc) is 2.96. The van der Waals surface area contributed by atoms with E-state index in [1.807, 2.05) is 30.5 Å². The quantitative estimate of drug-likeness (QED) is 0.704. The van der Waals surface area contributed by atoms with Crippen LogP contribution in [0.2, 0.25) is 0 Å². The van der Waals surface area contributed by atoms with Crippen molar-refractivity contribution in [1.82, 2.24) is 15.6 Å². The van der Waals surface area contributed by atoms with E-state index in [-0.39, 0.29) is 6.42 Å². The SMILES string of the molecule is CCNC(=O)NC(=O)C(C)OC(=O)CCc1c[nH]c2ccccc12. The zero-order valence-corrected chi connectivity index (χ0v) is 13.7. The zero-order chi connectivity index (χ0) is 17.5. The lowest BCUT2D eigenvalue weighted by molar-refractivity contribution is -0.154. The van der Waals surface area contributed by atoms with Gasteiger partial charge in [-0.25, -0.2) is 4.79 Å². The first-order valence-electron chi connectivity index (χ1n) is 7.84. The Balaban J connectivity index is 1.82. The molecule has 1 heterocycles. The summed E-state index contributed by atoms with van der Waals surface area (Å²) in [6.45, 7) is 3.56. The number of benzene rings is 1. The lowest BCUT2D eigenvalue weighted by atomic mass is 10.1. The summed E-state index contributed by atoms with van der Waals surface area (Å²) in [5, 5.41) is 5.60. The summed E-state index contributed by atoms with van der Waals surface area (Å²) in [6.07, 6.45) is 1.50. The number of urea groups is 1. The minimum Gasteiger partial charge on any atom is -0.453 e. The van der Waals surface area contributed by atoms with Crippen molar-refractivity contribution in [3.05, 3.63) is 36.0 Å².